The number of nitrogens with one attached hydrogen (secondary N) is 1. The summed E-state index contributed by atoms with van der Waals surface area (Å²) in [6, 6.07) is 7.99. The number of carbonyl (C=O) groups excluding carboxylic acids is 4. The van der Waals surface area contributed by atoms with Crippen LogP contribution in [0.5, 0.6) is 0 Å². The molecule has 0 saturated carbocycles. The highest BCUT2D eigenvalue weighted by Crippen LogP contribution is 2.39. The van der Waals surface area contributed by atoms with Crippen LogP contribution in [0.1, 0.15) is 47.1 Å². The SMILES string of the molecule is CC(=O)OCC1O[C@@H](O[C@@H]2C(NC(=O)C(Cl)(Cl)Cl)[C@H](OCc3ccccc3)OC3COC(C)(C)O[C@H]32)C(OC(C)=O)[C@@H](C)[C@H]1OC(C)=O. The minimum atomic E-state index is -2.39. The number of amides is 1. The van der Waals surface area contributed by atoms with Crippen LogP contribution in [0.15, 0.2) is 30.3 Å². The summed E-state index contributed by atoms with van der Waals surface area (Å²) in [7, 11) is 0. The second-order valence-electron chi connectivity index (χ2n) is 12.1. The average Bonchev–Trinajstić information content (AvgIpc) is 2.99. The maximum Gasteiger partial charge on any atom is 0.303 e. The van der Waals surface area contributed by atoms with E-state index in [1.165, 1.54) is 20.8 Å². The minimum Gasteiger partial charge on any atom is -0.463 e. The van der Waals surface area contributed by atoms with E-state index in [-0.39, 0.29) is 19.8 Å². The van der Waals surface area contributed by atoms with Gasteiger partial charge in [0, 0.05) is 26.7 Å². The lowest BCUT2D eigenvalue weighted by Crippen LogP contribution is -2.71. The van der Waals surface area contributed by atoms with Crippen LogP contribution in [-0.2, 0) is 68.4 Å². The molecule has 4 rings (SSSR count). The van der Waals surface area contributed by atoms with Gasteiger partial charge in [0.15, 0.2) is 24.5 Å². The van der Waals surface area contributed by atoms with E-state index < -0.39 is 94.6 Å². The molecule has 3 fully saturated rings. The van der Waals surface area contributed by atoms with E-state index >= 15 is 0 Å². The molecule has 17 heteroatoms. The number of halogens is 3. The molecule has 1 N–H and O–H groups in total. The highest BCUT2D eigenvalue weighted by molar-refractivity contribution is 6.76. The van der Waals surface area contributed by atoms with E-state index in [9.17, 15) is 19.2 Å². The molecule has 3 saturated heterocycles. The topological polar surface area (TPSA) is 163 Å². The highest BCUT2D eigenvalue weighted by atomic mass is 35.6. The number of alkyl halides is 3. The molecule has 48 heavy (non-hydrogen) atoms. The first-order chi connectivity index (χ1) is 22.4. The summed E-state index contributed by atoms with van der Waals surface area (Å²) in [5, 5.41) is 2.67. The lowest BCUT2D eigenvalue weighted by molar-refractivity contribution is -0.392. The number of fused-ring (bicyclic) bond motifs is 1. The van der Waals surface area contributed by atoms with Crippen molar-refractivity contribution >= 4 is 58.6 Å². The van der Waals surface area contributed by atoms with Gasteiger partial charge in [-0.15, -0.1) is 0 Å². The van der Waals surface area contributed by atoms with E-state index in [4.69, 9.17) is 77.4 Å². The van der Waals surface area contributed by atoms with Crippen molar-refractivity contribution in [1.82, 2.24) is 5.32 Å². The zero-order valence-corrected chi connectivity index (χ0v) is 29.5. The van der Waals surface area contributed by atoms with Crippen LogP contribution >= 0.6 is 34.8 Å². The number of benzene rings is 1. The third kappa shape index (κ3) is 10.1. The van der Waals surface area contributed by atoms with E-state index in [0.717, 1.165) is 5.56 Å². The molecule has 4 unspecified atom stereocenters. The van der Waals surface area contributed by atoms with E-state index in [0.29, 0.717) is 0 Å². The fourth-order valence-electron chi connectivity index (χ4n) is 5.70. The number of ether oxygens (including phenoxy) is 9. The monoisotopic (exact) mass is 739 g/mol. The molecule has 3 heterocycles. The largest absolute Gasteiger partial charge is 0.463 e. The quantitative estimate of drug-likeness (QED) is 0.212. The number of rotatable bonds is 10. The van der Waals surface area contributed by atoms with Crippen molar-refractivity contribution in [3.05, 3.63) is 35.9 Å². The Morgan fingerprint density at radius 1 is 0.917 bits per heavy atom. The van der Waals surface area contributed by atoms with E-state index in [2.05, 4.69) is 5.32 Å². The second-order valence-corrected chi connectivity index (χ2v) is 14.4. The first-order valence-corrected chi connectivity index (χ1v) is 16.4. The molecule has 3 aliphatic heterocycles. The normalized spacial score (nSPS) is 33.1. The first-order valence-electron chi connectivity index (χ1n) is 15.2. The molecule has 0 aromatic heterocycles. The van der Waals surface area contributed by atoms with Crippen molar-refractivity contribution in [3.63, 3.8) is 0 Å². The van der Waals surface area contributed by atoms with Gasteiger partial charge in [-0.1, -0.05) is 72.1 Å². The van der Waals surface area contributed by atoms with Gasteiger partial charge >= 0.3 is 17.9 Å². The average molecular weight is 741 g/mol. The number of esters is 3. The molecule has 14 nitrogen and oxygen atoms in total. The van der Waals surface area contributed by atoms with Crippen LogP contribution in [0.3, 0.4) is 0 Å². The second kappa shape index (κ2) is 16.2. The maximum atomic E-state index is 13.1. The summed E-state index contributed by atoms with van der Waals surface area (Å²) in [4.78, 5) is 49.3. The summed E-state index contributed by atoms with van der Waals surface area (Å²) in [6.45, 7) is 8.44. The molecule has 268 valence electrons. The molecule has 1 aromatic carbocycles. The van der Waals surface area contributed by atoms with Gasteiger partial charge in [-0.3, -0.25) is 19.2 Å². The van der Waals surface area contributed by atoms with Crippen LogP contribution in [0.4, 0.5) is 0 Å². The zero-order chi connectivity index (χ0) is 35.4. The Morgan fingerprint density at radius 3 is 2.17 bits per heavy atom. The van der Waals surface area contributed by atoms with Crippen LogP contribution in [0, 0.1) is 5.92 Å². The number of hydrogen-bond acceptors (Lipinski definition) is 13. The summed E-state index contributed by atoms with van der Waals surface area (Å²) < 4.78 is 51.5. The molecule has 10 atom stereocenters. The Kier molecular flexibility index (Phi) is 13.0. The van der Waals surface area contributed by atoms with Gasteiger partial charge in [0.1, 0.15) is 43.2 Å². The predicted molar refractivity (Wildman–Crippen MR) is 167 cm³/mol. The van der Waals surface area contributed by atoms with Crippen molar-refractivity contribution in [2.75, 3.05) is 13.2 Å². The predicted octanol–water partition coefficient (Wildman–Crippen LogP) is 3.11. The molecule has 0 spiro atoms. The third-order valence-corrected chi connectivity index (χ3v) is 8.31. The van der Waals surface area contributed by atoms with Gasteiger partial charge in [0.2, 0.25) is 0 Å². The molecule has 1 amide bonds. The number of hydrogen-bond donors (Lipinski definition) is 1. The maximum absolute atomic E-state index is 13.1. The highest BCUT2D eigenvalue weighted by Gasteiger charge is 2.57. The fourth-order valence-corrected chi connectivity index (χ4v) is 5.86. The van der Waals surface area contributed by atoms with Gasteiger partial charge in [0.25, 0.3) is 9.70 Å². The van der Waals surface area contributed by atoms with Gasteiger partial charge < -0.3 is 47.9 Å². The van der Waals surface area contributed by atoms with Gasteiger partial charge in [-0.05, 0) is 19.4 Å². The summed E-state index contributed by atoms with van der Waals surface area (Å²) in [6.07, 6.45) is -8.73. The Hall–Kier alpha value is -2.27. The fraction of sp³-hybridized carbons (Fsp3) is 0.677. The molecule has 0 aliphatic carbocycles. The first kappa shape index (κ1) is 38.5. The van der Waals surface area contributed by atoms with Gasteiger partial charge in [-0.25, -0.2) is 0 Å². The van der Waals surface area contributed by atoms with Gasteiger partial charge in [-0.2, -0.15) is 0 Å². The molecular weight excluding hydrogens is 701 g/mol. The van der Waals surface area contributed by atoms with Crippen molar-refractivity contribution in [2.24, 2.45) is 5.92 Å². The van der Waals surface area contributed by atoms with Crippen LogP contribution in [0.25, 0.3) is 0 Å². The molecule has 0 bridgehead atoms. The summed E-state index contributed by atoms with van der Waals surface area (Å²) in [5.74, 6) is -4.79. The van der Waals surface area contributed by atoms with Gasteiger partial charge in [0.05, 0.1) is 13.2 Å². The van der Waals surface area contributed by atoms with Crippen molar-refractivity contribution < 1.29 is 61.8 Å². The lowest BCUT2D eigenvalue weighted by Gasteiger charge is -2.53. The zero-order valence-electron chi connectivity index (χ0n) is 27.2. The molecule has 3 aliphatic rings. The number of carbonyl (C=O) groups is 4. The molecule has 0 radical (unpaired) electrons. The van der Waals surface area contributed by atoms with E-state index in [1.807, 2.05) is 30.3 Å². The third-order valence-electron chi connectivity index (χ3n) is 7.80. The van der Waals surface area contributed by atoms with Crippen molar-refractivity contribution in [1.29, 1.82) is 0 Å². The Bertz CT molecular complexity index is 1290. The van der Waals surface area contributed by atoms with E-state index in [1.54, 1.807) is 20.8 Å². The van der Waals surface area contributed by atoms with Crippen LogP contribution in [0.2, 0.25) is 0 Å². The van der Waals surface area contributed by atoms with Crippen LogP contribution < -0.4 is 5.32 Å². The summed E-state index contributed by atoms with van der Waals surface area (Å²) >= 11 is 17.9. The Labute approximate surface area is 293 Å². The van der Waals surface area contributed by atoms with Crippen molar-refractivity contribution in [3.8, 4) is 0 Å². The van der Waals surface area contributed by atoms with Crippen molar-refractivity contribution in [2.45, 2.75) is 113 Å². The lowest BCUT2D eigenvalue weighted by atomic mass is 9.89. The Morgan fingerprint density at radius 2 is 1.56 bits per heavy atom. The molecular formula is C31H40Cl3NO13. The minimum absolute atomic E-state index is 0.0484. The molecule has 1 aromatic rings. The Balaban J connectivity index is 1.75. The summed E-state index contributed by atoms with van der Waals surface area (Å²) in [5.41, 5.74) is 0.800. The smallest absolute Gasteiger partial charge is 0.303 e. The van der Waals surface area contributed by atoms with Crippen LogP contribution in [-0.4, -0.2) is 102 Å². The standard InChI is InChI=1S/C31H40Cl3NO13/c1-15-23(43-17(3)37)20(13-40-16(2)36)46-28(24(15)44-18(4)38)47-26-22(35-29(39)31(32,33)34)27(41-12-19-10-8-7-9-11-19)45-21-14-42-30(5,6)48-25(21)26/h7-11,15,20-28H,12-14H2,1-6H3,(H,35,39)/t15-,20?,21?,22?,23+,24?,25+,26+,27+,28-/m0/s1.